The highest BCUT2D eigenvalue weighted by molar-refractivity contribution is 5.03. The number of ether oxygens (including phenoxy) is 1. The molecule has 0 aromatic carbocycles. The molecule has 1 aliphatic carbocycles. The van der Waals surface area contributed by atoms with E-state index in [-0.39, 0.29) is 6.10 Å². The van der Waals surface area contributed by atoms with Gasteiger partial charge in [0.25, 0.3) is 0 Å². The minimum atomic E-state index is 0.104. The zero-order valence-corrected chi connectivity index (χ0v) is 13.0. The SMILES string of the molecule is CCn1ccnc1[C@H]1OCCC[C@@H]1NC[C@@H]1CC=CCC1. The first-order valence-corrected chi connectivity index (χ1v) is 8.39. The van der Waals surface area contributed by atoms with E-state index in [0.29, 0.717) is 6.04 Å². The number of aromatic nitrogens is 2. The summed E-state index contributed by atoms with van der Waals surface area (Å²) >= 11 is 0. The normalized spacial score (nSPS) is 29.7. The van der Waals surface area contributed by atoms with Gasteiger partial charge in [-0.15, -0.1) is 0 Å². The minimum absolute atomic E-state index is 0.104. The van der Waals surface area contributed by atoms with Crippen LogP contribution in [-0.2, 0) is 11.3 Å². The second-order valence-corrected chi connectivity index (χ2v) is 6.17. The van der Waals surface area contributed by atoms with Crippen LogP contribution in [0.1, 0.15) is 51.0 Å². The molecule has 2 aliphatic rings. The first-order valence-electron chi connectivity index (χ1n) is 8.39. The van der Waals surface area contributed by atoms with E-state index in [0.717, 1.165) is 37.9 Å². The average molecular weight is 289 g/mol. The van der Waals surface area contributed by atoms with Crippen LogP contribution in [0.3, 0.4) is 0 Å². The van der Waals surface area contributed by atoms with Crippen LogP contribution in [0, 0.1) is 5.92 Å². The van der Waals surface area contributed by atoms with Crippen LogP contribution in [0.25, 0.3) is 0 Å². The fourth-order valence-electron chi connectivity index (χ4n) is 3.45. The molecule has 0 radical (unpaired) electrons. The predicted octanol–water partition coefficient (Wildman–Crippen LogP) is 3.07. The number of nitrogens with one attached hydrogen (secondary N) is 1. The lowest BCUT2D eigenvalue weighted by Gasteiger charge is -2.33. The summed E-state index contributed by atoms with van der Waals surface area (Å²) in [5.41, 5.74) is 0. The van der Waals surface area contributed by atoms with Gasteiger partial charge in [-0.2, -0.15) is 0 Å². The molecule has 0 unspecified atom stereocenters. The molecular weight excluding hydrogens is 262 g/mol. The van der Waals surface area contributed by atoms with Crippen LogP contribution in [0.2, 0.25) is 0 Å². The highest BCUT2D eigenvalue weighted by atomic mass is 16.5. The summed E-state index contributed by atoms with van der Waals surface area (Å²) in [6.07, 6.45) is 14.8. The highest BCUT2D eigenvalue weighted by Crippen LogP contribution is 2.28. The fourth-order valence-corrected chi connectivity index (χ4v) is 3.45. The van der Waals surface area contributed by atoms with Crippen molar-refractivity contribution in [2.45, 2.75) is 57.7 Å². The van der Waals surface area contributed by atoms with E-state index in [9.17, 15) is 0 Å². The van der Waals surface area contributed by atoms with Crippen LogP contribution in [0.4, 0.5) is 0 Å². The summed E-state index contributed by atoms with van der Waals surface area (Å²) in [5.74, 6) is 1.86. The summed E-state index contributed by atoms with van der Waals surface area (Å²) in [4.78, 5) is 4.54. The van der Waals surface area contributed by atoms with Gasteiger partial charge in [-0.25, -0.2) is 4.98 Å². The molecule has 1 aromatic rings. The van der Waals surface area contributed by atoms with Crippen molar-refractivity contribution in [3.63, 3.8) is 0 Å². The Balaban J connectivity index is 1.62. The molecule has 2 heterocycles. The maximum absolute atomic E-state index is 6.06. The maximum Gasteiger partial charge on any atom is 0.139 e. The number of nitrogens with zero attached hydrogens (tertiary/aromatic N) is 2. The zero-order chi connectivity index (χ0) is 14.5. The summed E-state index contributed by atoms with van der Waals surface area (Å²) < 4.78 is 8.26. The number of allylic oxidation sites excluding steroid dienone is 2. The van der Waals surface area contributed by atoms with Crippen LogP contribution < -0.4 is 5.32 Å². The molecule has 21 heavy (non-hydrogen) atoms. The van der Waals surface area contributed by atoms with E-state index in [1.807, 2.05) is 6.20 Å². The Morgan fingerprint density at radius 2 is 2.33 bits per heavy atom. The fraction of sp³-hybridized carbons (Fsp3) is 0.706. The van der Waals surface area contributed by atoms with E-state index in [1.54, 1.807) is 0 Å². The van der Waals surface area contributed by atoms with Crippen molar-refractivity contribution in [3.8, 4) is 0 Å². The van der Waals surface area contributed by atoms with Gasteiger partial charge >= 0.3 is 0 Å². The molecule has 0 bridgehead atoms. The van der Waals surface area contributed by atoms with Crippen molar-refractivity contribution in [2.24, 2.45) is 5.92 Å². The Kier molecular flexibility index (Phi) is 5.09. The summed E-state index contributed by atoms with van der Waals surface area (Å²) in [5, 5.41) is 3.77. The molecule has 3 rings (SSSR count). The molecule has 1 aliphatic heterocycles. The monoisotopic (exact) mass is 289 g/mol. The minimum Gasteiger partial charge on any atom is -0.369 e. The molecule has 1 fully saturated rings. The molecule has 0 amide bonds. The third-order valence-electron chi connectivity index (χ3n) is 4.71. The lowest BCUT2D eigenvalue weighted by molar-refractivity contribution is -0.0186. The first kappa shape index (κ1) is 14.8. The summed E-state index contributed by atoms with van der Waals surface area (Å²) in [7, 11) is 0. The average Bonchev–Trinajstić information content (AvgIpc) is 3.02. The van der Waals surface area contributed by atoms with E-state index in [2.05, 4.69) is 40.1 Å². The van der Waals surface area contributed by atoms with Crippen LogP contribution in [0.15, 0.2) is 24.5 Å². The number of imidazole rings is 1. The van der Waals surface area contributed by atoms with Gasteiger partial charge in [0.1, 0.15) is 11.9 Å². The van der Waals surface area contributed by atoms with E-state index in [4.69, 9.17) is 4.74 Å². The second kappa shape index (κ2) is 7.23. The molecule has 3 atom stereocenters. The van der Waals surface area contributed by atoms with Crippen molar-refractivity contribution in [1.82, 2.24) is 14.9 Å². The topological polar surface area (TPSA) is 39.1 Å². The molecule has 0 spiro atoms. The van der Waals surface area contributed by atoms with Crippen molar-refractivity contribution in [2.75, 3.05) is 13.2 Å². The standard InChI is InChI=1S/C17H27N3O/c1-2-20-11-10-18-17(20)16-15(9-6-12-21-16)19-13-14-7-4-3-5-8-14/h3-4,10-11,14-16,19H,2,5-9,12-13H2,1H3/t14-,15+,16+/m1/s1. The van der Waals surface area contributed by atoms with Gasteiger partial charge in [0.15, 0.2) is 0 Å². The van der Waals surface area contributed by atoms with E-state index < -0.39 is 0 Å². The van der Waals surface area contributed by atoms with Crippen molar-refractivity contribution < 1.29 is 4.74 Å². The van der Waals surface area contributed by atoms with Crippen LogP contribution >= 0.6 is 0 Å². The van der Waals surface area contributed by atoms with Gasteiger partial charge in [0.2, 0.25) is 0 Å². The largest absolute Gasteiger partial charge is 0.369 e. The summed E-state index contributed by atoms with van der Waals surface area (Å²) in [6.45, 7) is 5.06. The quantitative estimate of drug-likeness (QED) is 0.847. The van der Waals surface area contributed by atoms with Gasteiger partial charge in [-0.1, -0.05) is 12.2 Å². The third kappa shape index (κ3) is 3.55. The van der Waals surface area contributed by atoms with Gasteiger partial charge in [0, 0.05) is 31.6 Å². The number of rotatable bonds is 5. The van der Waals surface area contributed by atoms with Crippen molar-refractivity contribution in [1.29, 1.82) is 0 Å². The van der Waals surface area contributed by atoms with Crippen molar-refractivity contribution in [3.05, 3.63) is 30.4 Å². The maximum atomic E-state index is 6.06. The Hall–Kier alpha value is -1.13. The second-order valence-electron chi connectivity index (χ2n) is 6.17. The zero-order valence-electron chi connectivity index (χ0n) is 13.0. The third-order valence-corrected chi connectivity index (χ3v) is 4.71. The lowest BCUT2D eigenvalue weighted by Crippen LogP contribution is -2.42. The number of aryl methyl sites for hydroxylation is 1. The Morgan fingerprint density at radius 3 is 3.14 bits per heavy atom. The molecule has 4 nitrogen and oxygen atoms in total. The molecule has 116 valence electrons. The molecule has 1 saturated heterocycles. The molecular formula is C17H27N3O. The Labute approximate surface area is 127 Å². The van der Waals surface area contributed by atoms with Gasteiger partial charge < -0.3 is 14.6 Å². The van der Waals surface area contributed by atoms with E-state index >= 15 is 0 Å². The van der Waals surface area contributed by atoms with E-state index in [1.165, 1.54) is 25.7 Å². The van der Waals surface area contributed by atoms with Crippen molar-refractivity contribution >= 4 is 0 Å². The Morgan fingerprint density at radius 1 is 1.38 bits per heavy atom. The molecule has 4 heteroatoms. The molecule has 0 saturated carbocycles. The smallest absolute Gasteiger partial charge is 0.139 e. The Bertz CT molecular complexity index is 468. The van der Waals surface area contributed by atoms with Gasteiger partial charge in [-0.3, -0.25) is 0 Å². The van der Waals surface area contributed by atoms with Crippen LogP contribution in [0.5, 0.6) is 0 Å². The van der Waals surface area contributed by atoms with Crippen LogP contribution in [-0.4, -0.2) is 28.7 Å². The number of hydrogen-bond acceptors (Lipinski definition) is 3. The first-order chi connectivity index (χ1) is 10.4. The molecule has 1 N–H and O–H groups in total. The lowest BCUT2D eigenvalue weighted by atomic mass is 9.93. The highest BCUT2D eigenvalue weighted by Gasteiger charge is 2.30. The predicted molar refractivity (Wildman–Crippen MR) is 84.1 cm³/mol. The summed E-state index contributed by atoms with van der Waals surface area (Å²) in [6, 6.07) is 0.400. The number of hydrogen-bond donors (Lipinski definition) is 1. The molecule has 1 aromatic heterocycles. The van der Waals surface area contributed by atoms with Gasteiger partial charge in [-0.05, 0) is 51.5 Å². The van der Waals surface area contributed by atoms with Gasteiger partial charge in [0.05, 0.1) is 0 Å².